The van der Waals surface area contributed by atoms with Crippen molar-refractivity contribution in [3.05, 3.63) is 29.3 Å². The molecule has 2 aromatic rings. The Morgan fingerprint density at radius 3 is 2.18 bits per heavy atom. The topological polar surface area (TPSA) is 87.2 Å². The first-order valence-electron chi connectivity index (χ1n) is 11.4. The van der Waals surface area contributed by atoms with Gasteiger partial charge in [0.1, 0.15) is 0 Å². The Morgan fingerprint density at radius 2 is 1.63 bits per heavy atom. The van der Waals surface area contributed by atoms with Crippen LogP contribution in [0.25, 0.3) is 11.4 Å². The van der Waals surface area contributed by atoms with Crippen LogP contribution in [0.4, 0.5) is 44.3 Å². The van der Waals surface area contributed by atoms with Gasteiger partial charge in [-0.2, -0.15) is 44.7 Å². The standard InChI is InChI=1S/C21H21F9N6O2/c22-19(23,24)14-9-12(8-13(10-14)15-31-33-34-32-15)11-36-5-1-2-18(36)3-6-35(7-4-18)17(37)38-16(20(25,26)27)21(28,29)30/h8-10,16H,1-7,11H2,(H,31,32,33,34). The van der Waals surface area contributed by atoms with Crippen LogP contribution in [-0.2, 0) is 17.5 Å². The SMILES string of the molecule is O=C(OC(C(F)(F)F)C(F)(F)F)N1CCC2(CCCN2Cc2cc(-c3nn[nH]n3)cc(C(F)(F)F)c2)CC1. The van der Waals surface area contributed by atoms with E-state index in [-0.39, 0.29) is 43.9 Å². The molecule has 0 unspecified atom stereocenters. The van der Waals surface area contributed by atoms with Crippen LogP contribution in [0.1, 0.15) is 36.8 Å². The quantitative estimate of drug-likeness (QED) is 0.533. The minimum Gasteiger partial charge on any atom is -0.426 e. The van der Waals surface area contributed by atoms with Crippen molar-refractivity contribution in [1.29, 1.82) is 0 Å². The third-order valence-electron chi connectivity index (χ3n) is 6.80. The highest BCUT2D eigenvalue weighted by atomic mass is 19.4. The number of likely N-dealkylation sites (tertiary alicyclic amines) is 2. The third-order valence-corrected chi connectivity index (χ3v) is 6.80. The zero-order valence-electron chi connectivity index (χ0n) is 19.4. The van der Waals surface area contributed by atoms with E-state index in [9.17, 15) is 44.3 Å². The highest BCUT2D eigenvalue weighted by Crippen LogP contribution is 2.41. The lowest BCUT2D eigenvalue weighted by Gasteiger charge is -2.45. The molecule has 1 amide bonds. The molecule has 0 radical (unpaired) electrons. The number of nitrogens with one attached hydrogen (secondary N) is 1. The number of piperidine rings is 1. The molecular formula is C21H21F9N6O2. The predicted octanol–water partition coefficient (Wildman–Crippen LogP) is 4.95. The number of aromatic amines is 1. The van der Waals surface area contributed by atoms with Gasteiger partial charge in [-0.15, -0.1) is 10.2 Å². The molecule has 17 heteroatoms. The van der Waals surface area contributed by atoms with E-state index in [0.29, 0.717) is 24.9 Å². The minimum atomic E-state index is -5.82. The van der Waals surface area contributed by atoms with Crippen LogP contribution in [0, 0.1) is 0 Å². The molecule has 0 aliphatic carbocycles. The Bertz CT molecular complexity index is 1110. The van der Waals surface area contributed by atoms with Gasteiger partial charge in [0.2, 0.25) is 5.82 Å². The Kier molecular flexibility index (Phi) is 7.26. The Labute approximate surface area is 209 Å². The zero-order valence-corrected chi connectivity index (χ0v) is 19.4. The average molecular weight is 560 g/mol. The van der Waals surface area contributed by atoms with E-state index in [4.69, 9.17) is 0 Å². The van der Waals surface area contributed by atoms with Crippen molar-refractivity contribution in [2.24, 2.45) is 0 Å². The van der Waals surface area contributed by atoms with Gasteiger partial charge in [-0.05, 0) is 61.2 Å². The molecule has 1 N–H and O–H groups in total. The van der Waals surface area contributed by atoms with Crippen molar-refractivity contribution in [2.75, 3.05) is 19.6 Å². The molecule has 2 aliphatic rings. The lowest BCUT2D eigenvalue weighted by molar-refractivity contribution is -0.308. The van der Waals surface area contributed by atoms with E-state index < -0.39 is 41.8 Å². The van der Waals surface area contributed by atoms with Crippen LogP contribution in [0.3, 0.4) is 0 Å². The average Bonchev–Trinajstić information content (AvgIpc) is 3.47. The second-order valence-corrected chi connectivity index (χ2v) is 9.24. The zero-order chi connectivity index (χ0) is 27.9. The molecule has 38 heavy (non-hydrogen) atoms. The fourth-order valence-corrected chi connectivity index (χ4v) is 4.99. The molecule has 0 atom stereocenters. The van der Waals surface area contributed by atoms with Crippen molar-refractivity contribution < 1.29 is 49.0 Å². The number of hydrogen-bond donors (Lipinski definition) is 1. The number of carbonyl (C=O) groups excluding carboxylic acids is 1. The maximum atomic E-state index is 13.5. The molecular weight excluding hydrogens is 539 g/mol. The Hall–Kier alpha value is -3.11. The molecule has 0 bridgehead atoms. The van der Waals surface area contributed by atoms with Crippen molar-refractivity contribution in [2.45, 2.75) is 62.4 Å². The number of benzene rings is 1. The first-order chi connectivity index (χ1) is 17.6. The molecule has 210 valence electrons. The molecule has 2 aliphatic heterocycles. The number of rotatable bonds is 4. The summed E-state index contributed by atoms with van der Waals surface area (Å²) in [5.41, 5.74) is -1.10. The van der Waals surface area contributed by atoms with Gasteiger partial charge >= 0.3 is 24.6 Å². The number of aromatic nitrogens is 4. The first kappa shape index (κ1) is 27.9. The van der Waals surface area contributed by atoms with Gasteiger partial charge in [-0.3, -0.25) is 4.90 Å². The molecule has 1 aromatic heterocycles. The molecule has 3 heterocycles. The van der Waals surface area contributed by atoms with Crippen LogP contribution in [0.15, 0.2) is 18.2 Å². The van der Waals surface area contributed by atoms with Crippen molar-refractivity contribution >= 4 is 6.09 Å². The summed E-state index contributed by atoms with van der Waals surface area (Å²) in [7, 11) is 0. The number of hydrogen-bond acceptors (Lipinski definition) is 6. The highest BCUT2D eigenvalue weighted by molar-refractivity contribution is 5.68. The van der Waals surface area contributed by atoms with E-state index in [1.54, 1.807) is 0 Å². The summed E-state index contributed by atoms with van der Waals surface area (Å²) in [4.78, 5) is 14.8. The van der Waals surface area contributed by atoms with Crippen LogP contribution in [-0.4, -0.2) is 80.1 Å². The molecule has 4 rings (SSSR count). The van der Waals surface area contributed by atoms with Gasteiger partial charge in [0.05, 0.1) is 5.56 Å². The summed E-state index contributed by atoms with van der Waals surface area (Å²) in [6, 6.07) is 3.39. The van der Waals surface area contributed by atoms with Crippen molar-refractivity contribution in [3.8, 4) is 11.4 Å². The van der Waals surface area contributed by atoms with E-state index in [2.05, 4.69) is 25.4 Å². The maximum absolute atomic E-state index is 13.5. The van der Waals surface area contributed by atoms with Crippen LogP contribution in [0.5, 0.6) is 0 Å². The van der Waals surface area contributed by atoms with E-state index in [0.717, 1.165) is 17.0 Å². The number of H-pyrrole nitrogens is 1. The summed E-state index contributed by atoms with van der Waals surface area (Å²) < 4.78 is 121. The number of ether oxygens (including phenoxy) is 1. The molecule has 1 spiro atoms. The van der Waals surface area contributed by atoms with Crippen molar-refractivity contribution in [1.82, 2.24) is 30.4 Å². The van der Waals surface area contributed by atoms with E-state index in [1.165, 1.54) is 6.07 Å². The first-order valence-corrected chi connectivity index (χ1v) is 11.4. The van der Waals surface area contributed by atoms with Crippen LogP contribution >= 0.6 is 0 Å². The summed E-state index contributed by atoms with van der Waals surface area (Å²) >= 11 is 0. The summed E-state index contributed by atoms with van der Waals surface area (Å²) in [5.74, 6) is -0.0312. The van der Waals surface area contributed by atoms with Crippen LogP contribution < -0.4 is 0 Å². The second kappa shape index (κ2) is 9.89. The number of nitrogens with zero attached hydrogens (tertiary/aromatic N) is 5. The number of halogens is 9. The van der Waals surface area contributed by atoms with Gasteiger partial charge in [-0.1, -0.05) is 0 Å². The summed E-state index contributed by atoms with van der Waals surface area (Å²) in [5, 5.41) is 13.0. The smallest absolute Gasteiger partial charge is 0.426 e. The summed E-state index contributed by atoms with van der Waals surface area (Å²) in [6.07, 6.45) is -20.6. The second-order valence-electron chi connectivity index (χ2n) is 9.24. The monoisotopic (exact) mass is 560 g/mol. The fraction of sp³-hybridized carbons (Fsp3) is 0.619. The molecule has 8 nitrogen and oxygen atoms in total. The fourth-order valence-electron chi connectivity index (χ4n) is 4.99. The van der Waals surface area contributed by atoms with Gasteiger partial charge in [0.15, 0.2) is 0 Å². The van der Waals surface area contributed by atoms with Gasteiger partial charge in [-0.25, -0.2) is 4.79 Å². The number of tetrazole rings is 1. The summed E-state index contributed by atoms with van der Waals surface area (Å²) in [6.45, 7) is 0.245. The predicted molar refractivity (Wildman–Crippen MR) is 110 cm³/mol. The van der Waals surface area contributed by atoms with Gasteiger partial charge in [0.25, 0.3) is 6.10 Å². The van der Waals surface area contributed by atoms with E-state index in [1.807, 2.05) is 4.90 Å². The third kappa shape index (κ3) is 5.96. The lowest BCUT2D eigenvalue weighted by Crippen LogP contribution is -2.54. The molecule has 0 saturated carbocycles. The highest BCUT2D eigenvalue weighted by Gasteiger charge is 2.60. The minimum absolute atomic E-state index is 0.0312. The van der Waals surface area contributed by atoms with Crippen molar-refractivity contribution in [3.63, 3.8) is 0 Å². The largest absolute Gasteiger partial charge is 0.434 e. The van der Waals surface area contributed by atoms with Crippen LogP contribution in [0.2, 0.25) is 0 Å². The molecule has 1 aromatic carbocycles. The molecule has 2 fully saturated rings. The Balaban J connectivity index is 1.47. The number of alkyl halides is 9. The molecule has 2 saturated heterocycles. The van der Waals surface area contributed by atoms with Gasteiger partial charge in [0, 0.05) is 30.7 Å². The normalized spacial score (nSPS) is 18.9. The number of carbonyl (C=O) groups is 1. The van der Waals surface area contributed by atoms with Gasteiger partial charge < -0.3 is 9.64 Å². The lowest BCUT2D eigenvalue weighted by atomic mass is 9.84. The maximum Gasteiger partial charge on any atom is 0.434 e. The Morgan fingerprint density at radius 1 is 0.974 bits per heavy atom. The number of amides is 1. The van der Waals surface area contributed by atoms with E-state index >= 15 is 0 Å².